The summed E-state index contributed by atoms with van der Waals surface area (Å²) >= 11 is 1.38. The summed E-state index contributed by atoms with van der Waals surface area (Å²) in [5, 5.41) is 3.66. The second-order valence-electron chi connectivity index (χ2n) is 5.75. The van der Waals surface area contributed by atoms with E-state index >= 15 is 0 Å². The van der Waals surface area contributed by atoms with Crippen molar-refractivity contribution in [2.24, 2.45) is 0 Å². The number of nitrogens with zero attached hydrogens (tertiary/aromatic N) is 3. The molecule has 0 aliphatic heterocycles. The van der Waals surface area contributed by atoms with E-state index < -0.39 is 0 Å². The van der Waals surface area contributed by atoms with E-state index in [0.29, 0.717) is 45.5 Å². The summed E-state index contributed by atoms with van der Waals surface area (Å²) in [7, 11) is 7.85. The van der Waals surface area contributed by atoms with Crippen molar-refractivity contribution in [1.29, 1.82) is 0 Å². The van der Waals surface area contributed by atoms with Gasteiger partial charge in [-0.1, -0.05) is 0 Å². The minimum atomic E-state index is 0.377. The van der Waals surface area contributed by atoms with Crippen molar-refractivity contribution in [2.75, 3.05) is 40.9 Å². The topological polar surface area (TPSA) is 96.9 Å². The average Bonchev–Trinajstić information content (AvgIpc) is 2.78. The van der Waals surface area contributed by atoms with Gasteiger partial charge in [0.2, 0.25) is 11.7 Å². The number of hydrogen-bond donors (Lipinski definition) is 1. The molecule has 0 radical (unpaired) electrons. The van der Waals surface area contributed by atoms with Crippen molar-refractivity contribution < 1.29 is 23.7 Å². The van der Waals surface area contributed by atoms with Crippen LogP contribution in [0, 0.1) is 0 Å². The number of ether oxygens (including phenoxy) is 5. The molecule has 10 heteroatoms. The fraction of sp³-hybridized carbons (Fsp3) is 0.250. The number of aromatic nitrogens is 3. The molecular weight excluding hydrogens is 408 g/mol. The first-order valence-corrected chi connectivity index (χ1v) is 9.59. The molecule has 0 fully saturated rings. The summed E-state index contributed by atoms with van der Waals surface area (Å²) in [4.78, 5) is 13.8. The molecule has 0 spiro atoms. The van der Waals surface area contributed by atoms with Gasteiger partial charge in [0.15, 0.2) is 28.2 Å². The summed E-state index contributed by atoms with van der Waals surface area (Å²) in [6.07, 6.45) is 1.44. The van der Waals surface area contributed by atoms with Gasteiger partial charge >= 0.3 is 0 Å². The third kappa shape index (κ3) is 4.77. The number of rotatable bonds is 9. The van der Waals surface area contributed by atoms with E-state index in [2.05, 4.69) is 20.3 Å². The Morgan fingerprint density at radius 2 is 1.40 bits per heavy atom. The molecule has 0 unspecified atom stereocenters. The first-order valence-electron chi connectivity index (χ1n) is 8.77. The Morgan fingerprint density at radius 1 is 0.733 bits per heavy atom. The molecule has 3 rings (SSSR count). The van der Waals surface area contributed by atoms with Gasteiger partial charge < -0.3 is 29.0 Å². The predicted octanol–water partition coefficient (Wildman–Crippen LogP) is 3.81. The van der Waals surface area contributed by atoms with Crippen LogP contribution in [0.1, 0.15) is 0 Å². The minimum absolute atomic E-state index is 0.377. The van der Waals surface area contributed by atoms with E-state index in [9.17, 15) is 0 Å². The lowest BCUT2D eigenvalue weighted by Gasteiger charge is -2.14. The number of hydrogen-bond acceptors (Lipinski definition) is 10. The van der Waals surface area contributed by atoms with Crippen LogP contribution < -0.4 is 29.0 Å². The number of nitrogens with one attached hydrogen (secondary N) is 1. The van der Waals surface area contributed by atoms with Crippen LogP contribution in [0.4, 0.5) is 11.6 Å². The van der Waals surface area contributed by atoms with E-state index in [1.807, 2.05) is 18.2 Å². The smallest absolute Gasteiger partial charge is 0.231 e. The van der Waals surface area contributed by atoms with Crippen LogP contribution in [0.25, 0.3) is 0 Å². The molecule has 1 heterocycles. The molecule has 0 aliphatic carbocycles. The van der Waals surface area contributed by atoms with Crippen molar-refractivity contribution >= 4 is 23.4 Å². The van der Waals surface area contributed by atoms with Crippen LogP contribution in [0.2, 0.25) is 0 Å². The Hall–Kier alpha value is -3.40. The molecule has 1 N–H and O–H groups in total. The Morgan fingerprint density at radius 3 is 2.00 bits per heavy atom. The van der Waals surface area contributed by atoms with Gasteiger partial charge in [-0.2, -0.15) is 4.98 Å². The monoisotopic (exact) mass is 430 g/mol. The second-order valence-corrected chi connectivity index (χ2v) is 6.79. The van der Waals surface area contributed by atoms with Gasteiger partial charge in [0.25, 0.3) is 0 Å². The molecule has 0 amide bonds. The molecule has 30 heavy (non-hydrogen) atoms. The molecular formula is C20H22N4O5S. The van der Waals surface area contributed by atoms with Crippen LogP contribution >= 0.6 is 11.8 Å². The first-order chi connectivity index (χ1) is 14.6. The average molecular weight is 430 g/mol. The molecule has 2 aromatic carbocycles. The summed E-state index contributed by atoms with van der Waals surface area (Å²) < 4.78 is 26.7. The number of benzene rings is 2. The van der Waals surface area contributed by atoms with Gasteiger partial charge in [0, 0.05) is 22.7 Å². The normalized spacial score (nSPS) is 10.3. The van der Waals surface area contributed by atoms with Crippen molar-refractivity contribution in [3.8, 4) is 28.7 Å². The second kappa shape index (κ2) is 9.88. The standard InChI is InChI=1S/C20H22N4O5S/c1-25-14-7-6-13(10-15(14)26-2)30-20-22-11-21-19(24-20)23-12-8-16(27-3)18(29-5)17(9-12)28-4/h6-11H,1-5H3,(H,21,22,23,24). The molecule has 0 atom stereocenters. The van der Waals surface area contributed by atoms with Crippen LogP contribution in [0.3, 0.4) is 0 Å². The van der Waals surface area contributed by atoms with Gasteiger partial charge in [-0.25, -0.2) is 9.97 Å². The Balaban J connectivity index is 1.83. The van der Waals surface area contributed by atoms with Crippen molar-refractivity contribution in [3.05, 3.63) is 36.7 Å². The summed E-state index contributed by atoms with van der Waals surface area (Å²) in [5.74, 6) is 3.21. The molecule has 0 saturated carbocycles. The van der Waals surface area contributed by atoms with Gasteiger partial charge in [-0.15, -0.1) is 0 Å². The predicted molar refractivity (Wildman–Crippen MR) is 113 cm³/mol. The number of anilines is 2. The lowest BCUT2D eigenvalue weighted by atomic mass is 10.2. The maximum absolute atomic E-state index is 5.38. The van der Waals surface area contributed by atoms with Crippen LogP contribution in [-0.2, 0) is 0 Å². The summed E-state index contributed by atoms with van der Waals surface area (Å²) in [6.45, 7) is 0. The van der Waals surface area contributed by atoms with Gasteiger partial charge in [0.1, 0.15) is 6.33 Å². The van der Waals surface area contributed by atoms with Crippen molar-refractivity contribution in [1.82, 2.24) is 15.0 Å². The van der Waals surface area contributed by atoms with E-state index in [1.165, 1.54) is 18.1 Å². The van der Waals surface area contributed by atoms with Gasteiger partial charge in [0.05, 0.1) is 35.5 Å². The van der Waals surface area contributed by atoms with Gasteiger partial charge in [-0.3, -0.25) is 0 Å². The molecule has 158 valence electrons. The van der Waals surface area contributed by atoms with Crippen molar-refractivity contribution in [2.45, 2.75) is 10.1 Å². The molecule has 0 bridgehead atoms. The van der Waals surface area contributed by atoms with Crippen LogP contribution in [0.15, 0.2) is 46.7 Å². The maximum Gasteiger partial charge on any atom is 0.231 e. The van der Waals surface area contributed by atoms with E-state index in [0.717, 1.165) is 4.90 Å². The zero-order valence-corrected chi connectivity index (χ0v) is 18.1. The Bertz CT molecular complexity index is 993. The molecule has 0 saturated heterocycles. The molecule has 9 nitrogen and oxygen atoms in total. The fourth-order valence-electron chi connectivity index (χ4n) is 2.66. The highest BCUT2D eigenvalue weighted by Crippen LogP contribution is 2.40. The lowest BCUT2D eigenvalue weighted by molar-refractivity contribution is 0.324. The third-order valence-corrected chi connectivity index (χ3v) is 4.90. The van der Waals surface area contributed by atoms with Crippen molar-refractivity contribution in [3.63, 3.8) is 0 Å². The zero-order valence-electron chi connectivity index (χ0n) is 17.3. The maximum atomic E-state index is 5.38. The number of methoxy groups -OCH3 is 5. The molecule has 1 aromatic heterocycles. The lowest BCUT2D eigenvalue weighted by Crippen LogP contribution is -2.01. The molecule has 3 aromatic rings. The summed E-state index contributed by atoms with van der Waals surface area (Å²) in [5.41, 5.74) is 0.678. The van der Waals surface area contributed by atoms with Crippen LogP contribution in [-0.4, -0.2) is 50.5 Å². The van der Waals surface area contributed by atoms with Crippen LogP contribution in [0.5, 0.6) is 28.7 Å². The summed E-state index contributed by atoms with van der Waals surface area (Å²) in [6, 6.07) is 9.14. The molecule has 0 aliphatic rings. The van der Waals surface area contributed by atoms with E-state index in [4.69, 9.17) is 23.7 Å². The quantitative estimate of drug-likeness (QED) is 0.540. The van der Waals surface area contributed by atoms with E-state index in [-0.39, 0.29) is 0 Å². The largest absolute Gasteiger partial charge is 0.493 e. The SMILES string of the molecule is COc1ccc(Sc2ncnc(Nc3cc(OC)c(OC)c(OC)c3)n2)cc1OC. The first kappa shape index (κ1) is 21.3. The van der Waals surface area contributed by atoms with E-state index in [1.54, 1.807) is 47.7 Å². The minimum Gasteiger partial charge on any atom is -0.493 e. The Kier molecular flexibility index (Phi) is 7.02. The highest BCUT2D eigenvalue weighted by atomic mass is 32.2. The van der Waals surface area contributed by atoms with Gasteiger partial charge in [-0.05, 0) is 30.0 Å². The zero-order chi connectivity index (χ0) is 21.5. The highest BCUT2D eigenvalue weighted by molar-refractivity contribution is 7.99. The Labute approximate surface area is 178 Å². The fourth-order valence-corrected chi connectivity index (χ4v) is 3.40. The third-order valence-electron chi connectivity index (χ3n) is 4.03. The highest BCUT2D eigenvalue weighted by Gasteiger charge is 2.14.